The summed E-state index contributed by atoms with van der Waals surface area (Å²) in [6, 6.07) is 12.9. The monoisotopic (exact) mass is 477 g/mol. The summed E-state index contributed by atoms with van der Waals surface area (Å²) in [4.78, 5) is 42.5. The molecule has 5 rings (SSSR count). The summed E-state index contributed by atoms with van der Waals surface area (Å²) >= 11 is 1.25. The zero-order valence-electron chi connectivity index (χ0n) is 17.8. The molecule has 2 amide bonds. The topological polar surface area (TPSA) is 131 Å². The maximum absolute atomic E-state index is 12.8. The molecule has 0 saturated carbocycles. The number of hydrogen-bond donors (Lipinski definition) is 2. The number of nitro groups is 1. The lowest BCUT2D eigenvalue weighted by Crippen LogP contribution is -2.19. The second-order valence-electron chi connectivity index (χ2n) is 7.74. The van der Waals surface area contributed by atoms with Gasteiger partial charge in [-0.25, -0.2) is 4.98 Å². The van der Waals surface area contributed by atoms with Gasteiger partial charge in [0.15, 0.2) is 10.9 Å². The SMILES string of the molecule is O=C(Nc1ccc2nc(NC(=O)c3ccco3)sc2c1)c1ccc(N2CCCC2)c([N+](=O)[O-])c1. The third-order valence-electron chi connectivity index (χ3n) is 5.49. The minimum atomic E-state index is -0.453. The molecular weight excluding hydrogens is 458 g/mol. The number of nitro benzene ring substituents is 1. The summed E-state index contributed by atoms with van der Waals surface area (Å²) in [5.41, 5.74) is 1.82. The minimum Gasteiger partial charge on any atom is -0.459 e. The molecule has 34 heavy (non-hydrogen) atoms. The summed E-state index contributed by atoms with van der Waals surface area (Å²) in [5, 5.41) is 17.5. The maximum Gasteiger partial charge on any atom is 0.293 e. The van der Waals surface area contributed by atoms with Crippen LogP contribution < -0.4 is 15.5 Å². The van der Waals surface area contributed by atoms with Crippen molar-refractivity contribution >= 4 is 55.6 Å². The number of anilines is 3. The van der Waals surface area contributed by atoms with E-state index in [2.05, 4.69) is 15.6 Å². The van der Waals surface area contributed by atoms with E-state index < -0.39 is 16.7 Å². The standard InChI is InChI=1S/C23H19N5O5S/c29-21(14-5-8-17(18(12-14)28(31)32)27-9-1-2-10-27)24-15-6-7-16-20(13-15)34-23(25-16)26-22(30)19-4-3-11-33-19/h3-8,11-13H,1-2,9-10H2,(H,24,29)(H,25,26,30). The van der Waals surface area contributed by atoms with Gasteiger partial charge in [-0.15, -0.1) is 0 Å². The molecule has 0 bridgehead atoms. The molecule has 11 heteroatoms. The number of nitrogens with zero attached hydrogens (tertiary/aromatic N) is 3. The number of furan rings is 1. The van der Waals surface area contributed by atoms with Gasteiger partial charge in [0.05, 0.1) is 21.4 Å². The van der Waals surface area contributed by atoms with Gasteiger partial charge in [-0.1, -0.05) is 11.3 Å². The Hall–Kier alpha value is -4.25. The zero-order valence-corrected chi connectivity index (χ0v) is 18.6. The summed E-state index contributed by atoms with van der Waals surface area (Å²) in [6.07, 6.45) is 3.40. The van der Waals surface area contributed by atoms with Gasteiger partial charge in [0, 0.05) is 30.4 Å². The van der Waals surface area contributed by atoms with Gasteiger partial charge < -0.3 is 14.6 Å². The van der Waals surface area contributed by atoms with Crippen molar-refractivity contribution in [1.82, 2.24) is 4.98 Å². The second kappa shape index (κ2) is 8.94. The van der Waals surface area contributed by atoms with Crippen LogP contribution >= 0.6 is 11.3 Å². The molecule has 3 heterocycles. The molecule has 1 aliphatic heterocycles. The number of fused-ring (bicyclic) bond motifs is 1. The molecule has 2 aromatic heterocycles. The van der Waals surface area contributed by atoms with Gasteiger partial charge >= 0.3 is 0 Å². The van der Waals surface area contributed by atoms with E-state index in [0.29, 0.717) is 22.0 Å². The van der Waals surface area contributed by atoms with E-state index in [1.54, 1.807) is 42.5 Å². The Balaban J connectivity index is 1.33. The number of rotatable bonds is 6. The van der Waals surface area contributed by atoms with Crippen molar-refractivity contribution in [3.05, 3.63) is 76.2 Å². The Bertz CT molecular complexity index is 1390. The third-order valence-corrected chi connectivity index (χ3v) is 6.43. The zero-order chi connectivity index (χ0) is 23.7. The van der Waals surface area contributed by atoms with Gasteiger partial charge in [0.25, 0.3) is 17.5 Å². The molecule has 2 N–H and O–H groups in total. The molecule has 172 valence electrons. The van der Waals surface area contributed by atoms with Crippen molar-refractivity contribution in [3.8, 4) is 0 Å². The van der Waals surface area contributed by atoms with E-state index in [4.69, 9.17) is 4.42 Å². The maximum atomic E-state index is 12.8. The quantitative estimate of drug-likeness (QED) is 0.298. The highest BCUT2D eigenvalue weighted by molar-refractivity contribution is 7.22. The van der Waals surface area contributed by atoms with E-state index in [-0.39, 0.29) is 17.0 Å². The fourth-order valence-corrected chi connectivity index (χ4v) is 4.76. The molecule has 1 aliphatic rings. The van der Waals surface area contributed by atoms with Crippen molar-refractivity contribution in [3.63, 3.8) is 0 Å². The predicted octanol–water partition coefficient (Wildman–Crippen LogP) is 4.90. The average Bonchev–Trinajstić information content (AvgIpc) is 3.60. The Morgan fingerprint density at radius 3 is 2.62 bits per heavy atom. The minimum absolute atomic E-state index is 0.0793. The summed E-state index contributed by atoms with van der Waals surface area (Å²) < 4.78 is 5.83. The summed E-state index contributed by atoms with van der Waals surface area (Å²) in [5.74, 6) is -0.681. The second-order valence-corrected chi connectivity index (χ2v) is 8.77. The van der Waals surface area contributed by atoms with Crippen LogP contribution in [0.3, 0.4) is 0 Å². The van der Waals surface area contributed by atoms with E-state index in [9.17, 15) is 19.7 Å². The van der Waals surface area contributed by atoms with Crippen LogP contribution in [0.4, 0.5) is 22.2 Å². The van der Waals surface area contributed by atoms with Gasteiger partial charge in [-0.3, -0.25) is 25.0 Å². The van der Waals surface area contributed by atoms with Crippen LogP contribution in [-0.4, -0.2) is 34.8 Å². The van der Waals surface area contributed by atoms with Crippen LogP contribution in [0.2, 0.25) is 0 Å². The smallest absolute Gasteiger partial charge is 0.293 e. The molecule has 0 radical (unpaired) electrons. The Kier molecular flexibility index (Phi) is 5.68. The van der Waals surface area contributed by atoms with E-state index in [1.807, 2.05) is 4.90 Å². The van der Waals surface area contributed by atoms with Crippen molar-refractivity contribution in [2.24, 2.45) is 0 Å². The number of carbonyl (C=O) groups is 2. The lowest BCUT2D eigenvalue weighted by molar-refractivity contribution is -0.384. The van der Waals surface area contributed by atoms with Crippen LogP contribution in [0.25, 0.3) is 10.2 Å². The number of aromatic nitrogens is 1. The number of thiazole rings is 1. The lowest BCUT2D eigenvalue weighted by Gasteiger charge is -2.17. The van der Waals surface area contributed by atoms with Crippen LogP contribution in [0.15, 0.2) is 59.2 Å². The largest absolute Gasteiger partial charge is 0.459 e. The van der Waals surface area contributed by atoms with Crippen molar-refractivity contribution in [1.29, 1.82) is 0 Å². The number of amides is 2. The molecule has 4 aromatic rings. The fraction of sp³-hybridized carbons (Fsp3) is 0.174. The molecule has 0 spiro atoms. The molecular formula is C23H19N5O5S. The van der Waals surface area contributed by atoms with Gasteiger partial charge in [-0.2, -0.15) is 0 Å². The van der Waals surface area contributed by atoms with Crippen LogP contribution in [0.1, 0.15) is 33.8 Å². The molecule has 10 nitrogen and oxygen atoms in total. The Labute approximate surface area is 197 Å². The highest BCUT2D eigenvalue weighted by Crippen LogP contribution is 2.32. The van der Waals surface area contributed by atoms with Crippen LogP contribution in [0.5, 0.6) is 0 Å². The van der Waals surface area contributed by atoms with Crippen LogP contribution in [0, 0.1) is 10.1 Å². The molecule has 0 unspecified atom stereocenters. The number of benzene rings is 2. The average molecular weight is 478 g/mol. The highest BCUT2D eigenvalue weighted by atomic mass is 32.1. The fourth-order valence-electron chi connectivity index (χ4n) is 3.86. The third kappa shape index (κ3) is 4.33. The molecule has 1 saturated heterocycles. The van der Waals surface area contributed by atoms with Crippen molar-refractivity contribution in [2.75, 3.05) is 28.6 Å². The summed E-state index contributed by atoms with van der Waals surface area (Å²) in [6.45, 7) is 1.54. The first-order valence-corrected chi connectivity index (χ1v) is 11.4. The predicted molar refractivity (Wildman–Crippen MR) is 129 cm³/mol. The van der Waals surface area contributed by atoms with Gasteiger partial charge in [-0.05, 0) is 55.3 Å². The van der Waals surface area contributed by atoms with Gasteiger partial charge in [0.1, 0.15) is 5.69 Å². The lowest BCUT2D eigenvalue weighted by atomic mass is 10.1. The number of nitrogens with one attached hydrogen (secondary N) is 2. The first-order chi connectivity index (χ1) is 16.5. The molecule has 2 aromatic carbocycles. The van der Waals surface area contributed by atoms with E-state index in [1.165, 1.54) is 23.7 Å². The first-order valence-electron chi connectivity index (χ1n) is 10.6. The van der Waals surface area contributed by atoms with Gasteiger partial charge in [0.2, 0.25) is 0 Å². The normalized spacial score (nSPS) is 13.2. The number of carbonyl (C=O) groups excluding carboxylic acids is 2. The highest BCUT2D eigenvalue weighted by Gasteiger charge is 2.24. The molecule has 1 fully saturated rings. The molecule has 0 aliphatic carbocycles. The van der Waals surface area contributed by atoms with Crippen molar-refractivity contribution < 1.29 is 18.9 Å². The summed E-state index contributed by atoms with van der Waals surface area (Å²) in [7, 11) is 0. The Morgan fingerprint density at radius 2 is 1.88 bits per heavy atom. The van der Waals surface area contributed by atoms with Crippen LogP contribution in [-0.2, 0) is 0 Å². The van der Waals surface area contributed by atoms with Crippen molar-refractivity contribution in [2.45, 2.75) is 12.8 Å². The Morgan fingerprint density at radius 1 is 1.06 bits per heavy atom. The molecule has 0 atom stereocenters. The van der Waals surface area contributed by atoms with E-state index >= 15 is 0 Å². The number of hydrogen-bond acceptors (Lipinski definition) is 8. The van der Waals surface area contributed by atoms with E-state index in [0.717, 1.165) is 30.6 Å². The first kappa shape index (κ1) is 21.6.